The molecule has 6 heteroatoms. The van der Waals surface area contributed by atoms with Crippen LogP contribution in [0.2, 0.25) is 0 Å². The predicted octanol–water partition coefficient (Wildman–Crippen LogP) is 0.592. The van der Waals surface area contributed by atoms with E-state index in [9.17, 15) is 9.59 Å². The normalized spacial score (nSPS) is 12.1. The van der Waals surface area contributed by atoms with Crippen LogP contribution >= 0.6 is 12.6 Å². The highest BCUT2D eigenvalue weighted by atomic mass is 32.1. The number of hydrogen-bond donors (Lipinski definition) is 3. The Morgan fingerprint density at radius 3 is 2.69 bits per heavy atom. The molecule has 0 amide bonds. The molecule has 0 aromatic heterocycles. The summed E-state index contributed by atoms with van der Waals surface area (Å²) < 4.78 is 4.51. The molecule has 0 bridgehead atoms. The van der Waals surface area contributed by atoms with E-state index in [2.05, 4.69) is 29.3 Å². The quantitative estimate of drug-likeness (QED) is 0.348. The lowest BCUT2D eigenvalue weighted by atomic mass is 10.3. The van der Waals surface area contributed by atoms with E-state index in [0.29, 0.717) is 0 Å². The standard InChI is InChI=1S/C10H15NO4S/c1-7(2)3-4-11-8(6-16)10(14)15-5-9(12)13/h3-4,8,11,16H,1,5-6H2,2H3,(H,12,13)/t8-/m0/s1. The second-order valence-electron chi connectivity index (χ2n) is 3.08. The lowest BCUT2D eigenvalue weighted by Gasteiger charge is -2.12. The molecule has 0 fully saturated rings. The van der Waals surface area contributed by atoms with Crippen molar-refractivity contribution in [3.63, 3.8) is 0 Å². The highest BCUT2D eigenvalue weighted by molar-refractivity contribution is 7.80. The molecule has 90 valence electrons. The third-order valence-electron chi connectivity index (χ3n) is 1.47. The van der Waals surface area contributed by atoms with Crippen molar-refractivity contribution in [1.29, 1.82) is 0 Å². The molecule has 5 nitrogen and oxygen atoms in total. The molecule has 0 aromatic carbocycles. The summed E-state index contributed by atoms with van der Waals surface area (Å²) in [7, 11) is 0. The summed E-state index contributed by atoms with van der Waals surface area (Å²) in [4.78, 5) is 21.5. The Hall–Kier alpha value is -1.43. The van der Waals surface area contributed by atoms with Crippen LogP contribution in [0.15, 0.2) is 24.4 Å². The number of carbonyl (C=O) groups is 2. The Bertz CT molecular complexity index is 301. The first kappa shape index (κ1) is 14.6. The lowest BCUT2D eigenvalue weighted by molar-refractivity contribution is -0.156. The highest BCUT2D eigenvalue weighted by Gasteiger charge is 2.17. The van der Waals surface area contributed by atoms with Crippen LogP contribution in [0.4, 0.5) is 0 Å². The van der Waals surface area contributed by atoms with Gasteiger partial charge >= 0.3 is 11.9 Å². The van der Waals surface area contributed by atoms with E-state index < -0.39 is 24.6 Å². The first-order valence-corrected chi connectivity index (χ1v) is 5.18. The number of ether oxygens (including phenoxy) is 1. The van der Waals surface area contributed by atoms with Crippen LogP contribution in [0.1, 0.15) is 6.92 Å². The van der Waals surface area contributed by atoms with E-state index in [1.165, 1.54) is 0 Å². The van der Waals surface area contributed by atoms with Crippen molar-refractivity contribution in [1.82, 2.24) is 5.32 Å². The van der Waals surface area contributed by atoms with E-state index in [4.69, 9.17) is 5.11 Å². The van der Waals surface area contributed by atoms with Crippen molar-refractivity contribution < 1.29 is 19.4 Å². The van der Waals surface area contributed by atoms with Gasteiger partial charge in [0, 0.05) is 5.75 Å². The summed E-state index contributed by atoms with van der Waals surface area (Å²) in [6, 6.07) is -0.668. The smallest absolute Gasteiger partial charge is 0.341 e. The molecule has 0 saturated heterocycles. The van der Waals surface area contributed by atoms with Crippen LogP contribution in [0.5, 0.6) is 0 Å². The van der Waals surface area contributed by atoms with Crippen molar-refractivity contribution in [3.8, 4) is 0 Å². The molecule has 0 heterocycles. The predicted molar refractivity (Wildman–Crippen MR) is 63.3 cm³/mol. The Labute approximate surface area is 99.6 Å². The second kappa shape index (κ2) is 7.81. The monoisotopic (exact) mass is 245 g/mol. The summed E-state index contributed by atoms with van der Waals surface area (Å²) >= 11 is 3.96. The maximum Gasteiger partial charge on any atom is 0.341 e. The van der Waals surface area contributed by atoms with Gasteiger partial charge in [0.05, 0.1) is 0 Å². The van der Waals surface area contributed by atoms with Crippen LogP contribution in [0, 0.1) is 0 Å². The van der Waals surface area contributed by atoms with Crippen molar-refractivity contribution >= 4 is 24.6 Å². The number of hydrogen-bond acceptors (Lipinski definition) is 5. The molecule has 1 atom stereocenters. The summed E-state index contributed by atoms with van der Waals surface area (Å²) in [6.45, 7) is 4.80. The molecule has 16 heavy (non-hydrogen) atoms. The van der Waals surface area contributed by atoms with E-state index in [1.807, 2.05) is 0 Å². The summed E-state index contributed by atoms with van der Waals surface area (Å²) in [5.41, 5.74) is 0.823. The van der Waals surface area contributed by atoms with Gasteiger partial charge in [-0.15, -0.1) is 0 Å². The third-order valence-corrected chi connectivity index (χ3v) is 1.84. The molecule has 0 rings (SSSR count). The molecular formula is C10H15NO4S. The average Bonchev–Trinajstić information content (AvgIpc) is 2.20. The van der Waals surface area contributed by atoms with Gasteiger partial charge in [0.25, 0.3) is 0 Å². The Kier molecular flexibility index (Phi) is 7.11. The van der Waals surface area contributed by atoms with Crippen LogP contribution in [-0.2, 0) is 14.3 Å². The summed E-state index contributed by atoms with van der Waals surface area (Å²) in [6.07, 6.45) is 3.23. The molecule has 0 aliphatic heterocycles. The minimum absolute atomic E-state index is 0.207. The minimum atomic E-state index is -1.19. The molecule has 0 saturated carbocycles. The summed E-state index contributed by atoms with van der Waals surface area (Å²) in [5, 5.41) is 11.1. The highest BCUT2D eigenvalue weighted by Crippen LogP contribution is 1.94. The number of carboxylic acids is 1. The van der Waals surface area contributed by atoms with Crippen molar-refractivity contribution in [2.45, 2.75) is 13.0 Å². The van der Waals surface area contributed by atoms with Crippen molar-refractivity contribution in [2.75, 3.05) is 12.4 Å². The van der Waals surface area contributed by atoms with Gasteiger partial charge in [-0.2, -0.15) is 12.6 Å². The molecule has 0 radical (unpaired) electrons. The fourth-order valence-corrected chi connectivity index (χ4v) is 0.990. The zero-order valence-corrected chi connectivity index (χ0v) is 9.87. The van der Waals surface area contributed by atoms with E-state index in [0.717, 1.165) is 5.57 Å². The Morgan fingerprint density at radius 2 is 2.25 bits per heavy atom. The SMILES string of the molecule is C=C(C)C=CN[C@@H](CS)C(=O)OCC(=O)O. The number of esters is 1. The maximum atomic E-state index is 11.3. The van der Waals surface area contributed by atoms with Gasteiger partial charge in [-0.1, -0.05) is 12.2 Å². The number of allylic oxidation sites excluding steroid dienone is 2. The fourth-order valence-electron chi connectivity index (χ4n) is 0.735. The molecule has 0 aromatic rings. The van der Waals surface area contributed by atoms with Crippen LogP contribution in [0.3, 0.4) is 0 Å². The zero-order valence-electron chi connectivity index (χ0n) is 8.97. The van der Waals surface area contributed by atoms with Gasteiger partial charge in [-0.05, 0) is 19.2 Å². The van der Waals surface area contributed by atoms with Gasteiger partial charge in [0.15, 0.2) is 6.61 Å². The van der Waals surface area contributed by atoms with Gasteiger partial charge in [-0.3, -0.25) is 0 Å². The number of rotatable bonds is 7. The summed E-state index contributed by atoms with van der Waals surface area (Å²) in [5.74, 6) is -1.63. The number of nitrogens with one attached hydrogen (secondary N) is 1. The van der Waals surface area contributed by atoms with Crippen LogP contribution in [-0.4, -0.2) is 35.4 Å². The van der Waals surface area contributed by atoms with Crippen LogP contribution in [0.25, 0.3) is 0 Å². The van der Waals surface area contributed by atoms with Gasteiger partial charge in [-0.25, -0.2) is 9.59 Å². The molecular weight excluding hydrogens is 230 g/mol. The number of carboxylic acid groups (broad SMARTS) is 1. The third kappa shape index (κ3) is 6.94. The first-order valence-electron chi connectivity index (χ1n) is 4.54. The largest absolute Gasteiger partial charge is 0.479 e. The maximum absolute atomic E-state index is 11.3. The van der Waals surface area contributed by atoms with Gasteiger partial charge in [0.2, 0.25) is 0 Å². The van der Waals surface area contributed by atoms with Crippen molar-refractivity contribution in [3.05, 3.63) is 24.4 Å². The van der Waals surface area contributed by atoms with Gasteiger partial charge in [0.1, 0.15) is 6.04 Å². The molecule has 0 unspecified atom stereocenters. The topological polar surface area (TPSA) is 75.6 Å². The van der Waals surface area contributed by atoms with E-state index in [-0.39, 0.29) is 5.75 Å². The number of aliphatic carboxylic acids is 1. The number of thiol groups is 1. The Morgan fingerprint density at radius 1 is 1.62 bits per heavy atom. The minimum Gasteiger partial charge on any atom is -0.479 e. The van der Waals surface area contributed by atoms with E-state index in [1.54, 1.807) is 19.2 Å². The van der Waals surface area contributed by atoms with E-state index >= 15 is 0 Å². The second-order valence-corrected chi connectivity index (χ2v) is 3.45. The average molecular weight is 245 g/mol. The zero-order chi connectivity index (χ0) is 12.6. The molecule has 0 aliphatic rings. The van der Waals surface area contributed by atoms with Gasteiger partial charge < -0.3 is 15.2 Å². The first-order chi connectivity index (χ1) is 7.47. The molecule has 0 spiro atoms. The Balaban J connectivity index is 4.11. The fraction of sp³-hybridized carbons (Fsp3) is 0.400. The molecule has 2 N–H and O–H groups in total. The lowest BCUT2D eigenvalue weighted by Crippen LogP contribution is -2.37. The molecule has 0 aliphatic carbocycles. The number of carbonyl (C=O) groups excluding carboxylic acids is 1. The van der Waals surface area contributed by atoms with Crippen LogP contribution < -0.4 is 5.32 Å². The van der Waals surface area contributed by atoms with Crippen molar-refractivity contribution in [2.24, 2.45) is 0 Å².